The normalized spacial score (nSPS) is 13.9. The molecule has 6 nitrogen and oxygen atoms in total. The molecule has 1 N–H and O–H groups in total. The molecule has 150 valence electrons. The van der Waals surface area contributed by atoms with Gasteiger partial charge in [-0.15, -0.1) is 0 Å². The zero-order valence-corrected chi connectivity index (χ0v) is 15.7. The van der Waals surface area contributed by atoms with Crippen molar-refractivity contribution < 1.29 is 31.8 Å². The van der Waals surface area contributed by atoms with Gasteiger partial charge >= 0.3 is 5.97 Å². The number of ether oxygens (including phenoxy) is 1. The summed E-state index contributed by atoms with van der Waals surface area (Å²) in [6, 6.07) is 7.60. The molecule has 0 saturated heterocycles. The number of aryl methyl sites for hydroxylation is 1. The van der Waals surface area contributed by atoms with Gasteiger partial charge in [-0.05, 0) is 49.1 Å². The molecule has 28 heavy (non-hydrogen) atoms. The Balaban J connectivity index is 1.84. The Morgan fingerprint density at radius 3 is 2.68 bits per heavy atom. The number of carboxylic acids is 1. The first-order chi connectivity index (χ1) is 13.3. The van der Waals surface area contributed by atoms with Gasteiger partial charge in [0.05, 0.1) is 17.2 Å². The Morgan fingerprint density at radius 1 is 1.18 bits per heavy atom. The molecule has 3 rings (SSSR count). The average Bonchev–Trinajstić information content (AvgIpc) is 2.65. The number of halogens is 2. The highest BCUT2D eigenvalue weighted by Gasteiger charge is 2.32. The summed E-state index contributed by atoms with van der Waals surface area (Å²) in [5.74, 6) is -2.68. The third kappa shape index (κ3) is 4.09. The van der Waals surface area contributed by atoms with E-state index in [1.54, 1.807) is 6.07 Å². The number of carbonyl (C=O) groups is 1. The molecule has 1 heterocycles. The lowest BCUT2D eigenvalue weighted by atomic mass is 10.0. The maximum absolute atomic E-state index is 14.3. The van der Waals surface area contributed by atoms with Gasteiger partial charge in [0.1, 0.15) is 5.82 Å². The highest BCUT2D eigenvalue weighted by molar-refractivity contribution is 7.92. The Labute approximate surface area is 161 Å². The topological polar surface area (TPSA) is 83.9 Å². The van der Waals surface area contributed by atoms with Crippen molar-refractivity contribution in [2.45, 2.75) is 30.6 Å². The minimum absolute atomic E-state index is 0.00292. The molecule has 0 atom stereocenters. The van der Waals surface area contributed by atoms with Gasteiger partial charge in [0.2, 0.25) is 0 Å². The van der Waals surface area contributed by atoms with Crippen LogP contribution >= 0.6 is 0 Å². The van der Waals surface area contributed by atoms with E-state index in [1.807, 2.05) is 0 Å². The molecule has 1 aliphatic rings. The molecule has 0 aliphatic carbocycles. The second-order valence-corrected chi connectivity index (χ2v) is 8.23. The second kappa shape index (κ2) is 8.14. The van der Waals surface area contributed by atoms with Gasteiger partial charge < -0.3 is 9.84 Å². The number of nitrogens with zero attached hydrogens (tertiary/aromatic N) is 1. The molecule has 0 saturated carbocycles. The molecule has 0 bridgehead atoms. The van der Waals surface area contributed by atoms with Crippen molar-refractivity contribution in [1.82, 2.24) is 0 Å². The lowest BCUT2D eigenvalue weighted by Crippen LogP contribution is -2.36. The zero-order valence-electron chi connectivity index (χ0n) is 14.9. The minimum Gasteiger partial charge on any atom is -0.491 e. The van der Waals surface area contributed by atoms with E-state index < -0.39 is 27.6 Å². The standard InChI is InChI=1S/C19H19F2NO5S/c20-15-6-1-4-13-5-2-10-22(19(13)15)28(25,26)14-8-9-17(16(21)12-14)27-11-3-7-18(23)24/h1,4,6,8-9,12H,2-3,5,7,10-11H2,(H,23,24). The summed E-state index contributed by atoms with van der Waals surface area (Å²) < 4.78 is 60.7. The van der Waals surface area contributed by atoms with Crippen LogP contribution in [0.15, 0.2) is 41.3 Å². The van der Waals surface area contributed by atoms with E-state index in [9.17, 15) is 22.0 Å². The number of carboxylic acid groups (broad SMARTS) is 1. The Bertz CT molecular complexity index is 994. The van der Waals surface area contributed by atoms with Crippen molar-refractivity contribution >= 4 is 21.7 Å². The van der Waals surface area contributed by atoms with Crippen LogP contribution in [-0.2, 0) is 21.2 Å². The number of anilines is 1. The molecule has 9 heteroatoms. The van der Waals surface area contributed by atoms with E-state index in [4.69, 9.17) is 9.84 Å². The van der Waals surface area contributed by atoms with Crippen LogP contribution in [0.2, 0.25) is 0 Å². The number of para-hydroxylation sites is 1. The quantitative estimate of drug-likeness (QED) is 0.707. The molecular formula is C19H19F2NO5S. The first-order valence-electron chi connectivity index (χ1n) is 8.75. The molecule has 0 aromatic heterocycles. The van der Waals surface area contributed by atoms with Crippen LogP contribution in [0.5, 0.6) is 5.75 Å². The van der Waals surface area contributed by atoms with Gasteiger partial charge in [-0.3, -0.25) is 9.10 Å². The number of rotatable bonds is 7. The number of aliphatic carboxylic acids is 1. The monoisotopic (exact) mass is 411 g/mol. The third-order valence-electron chi connectivity index (χ3n) is 4.41. The van der Waals surface area contributed by atoms with E-state index in [-0.39, 0.29) is 42.3 Å². The summed E-state index contributed by atoms with van der Waals surface area (Å²) >= 11 is 0. The summed E-state index contributed by atoms with van der Waals surface area (Å²) in [5.41, 5.74) is 0.594. The van der Waals surface area contributed by atoms with E-state index in [0.29, 0.717) is 18.4 Å². The predicted molar refractivity (Wildman–Crippen MR) is 98.0 cm³/mol. The SMILES string of the molecule is O=C(O)CCCOc1ccc(S(=O)(=O)N2CCCc3cccc(F)c32)cc1F. The van der Waals surface area contributed by atoms with E-state index in [1.165, 1.54) is 24.3 Å². The van der Waals surface area contributed by atoms with E-state index >= 15 is 0 Å². The Morgan fingerprint density at radius 2 is 1.96 bits per heavy atom. The summed E-state index contributed by atoms with van der Waals surface area (Å²) in [4.78, 5) is 10.2. The molecule has 2 aromatic rings. The first-order valence-corrected chi connectivity index (χ1v) is 10.2. The van der Waals surface area contributed by atoms with Crippen molar-refractivity contribution in [2.75, 3.05) is 17.5 Å². The highest BCUT2D eigenvalue weighted by Crippen LogP contribution is 2.35. The molecule has 0 amide bonds. The zero-order chi connectivity index (χ0) is 20.3. The van der Waals surface area contributed by atoms with Crippen LogP contribution in [0.4, 0.5) is 14.5 Å². The average molecular weight is 411 g/mol. The van der Waals surface area contributed by atoms with Gasteiger partial charge in [-0.25, -0.2) is 17.2 Å². The Kier molecular flexibility index (Phi) is 5.83. The van der Waals surface area contributed by atoms with E-state index in [0.717, 1.165) is 10.4 Å². The molecule has 1 aliphatic heterocycles. The molecule has 2 aromatic carbocycles. The lowest BCUT2D eigenvalue weighted by molar-refractivity contribution is -0.137. The maximum Gasteiger partial charge on any atom is 0.303 e. The van der Waals surface area contributed by atoms with Crippen molar-refractivity contribution in [3.63, 3.8) is 0 Å². The number of sulfonamides is 1. The Hall–Kier alpha value is -2.68. The summed E-state index contributed by atoms with van der Waals surface area (Å²) in [6.45, 7) is 0.0886. The summed E-state index contributed by atoms with van der Waals surface area (Å²) in [5, 5.41) is 8.58. The van der Waals surface area contributed by atoms with Crippen LogP contribution in [0.1, 0.15) is 24.8 Å². The van der Waals surface area contributed by atoms with Crippen LogP contribution in [0.25, 0.3) is 0 Å². The summed E-state index contributed by atoms with van der Waals surface area (Å²) in [6.07, 6.45) is 1.17. The minimum atomic E-state index is -4.15. The smallest absolute Gasteiger partial charge is 0.303 e. The third-order valence-corrected chi connectivity index (χ3v) is 6.21. The number of hydrogen-bond acceptors (Lipinski definition) is 4. The largest absolute Gasteiger partial charge is 0.491 e. The molecule has 0 radical (unpaired) electrons. The molecule has 0 fully saturated rings. The second-order valence-electron chi connectivity index (χ2n) is 6.37. The predicted octanol–water partition coefficient (Wildman–Crippen LogP) is 3.35. The molecule has 0 spiro atoms. The fourth-order valence-electron chi connectivity index (χ4n) is 3.10. The van der Waals surface area contributed by atoms with Gasteiger partial charge in [-0.1, -0.05) is 12.1 Å². The van der Waals surface area contributed by atoms with Crippen LogP contribution in [0, 0.1) is 11.6 Å². The van der Waals surface area contributed by atoms with Crippen molar-refractivity contribution in [1.29, 1.82) is 0 Å². The van der Waals surface area contributed by atoms with Crippen LogP contribution in [-0.4, -0.2) is 32.6 Å². The van der Waals surface area contributed by atoms with Gasteiger partial charge in [0, 0.05) is 13.0 Å². The number of fused-ring (bicyclic) bond motifs is 1. The molecule has 0 unspecified atom stereocenters. The van der Waals surface area contributed by atoms with Gasteiger partial charge in [0.15, 0.2) is 11.6 Å². The van der Waals surface area contributed by atoms with Crippen LogP contribution in [0.3, 0.4) is 0 Å². The van der Waals surface area contributed by atoms with Crippen LogP contribution < -0.4 is 9.04 Å². The highest BCUT2D eigenvalue weighted by atomic mass is 32.2. The molecular weight excluding hydrogens is 392 g/mol. The van der Waals surface area contributed by atoms with Crippen molar-refractivity contribution in [3.05, 3.63) is 53.6 Å². The van der Waals surface area contributed by atoms with Crippen molar-refractivity contribution in [2.24, 2.45) is 0 Å². The lowest BCUT2D eigenvalue weighted by Gasteiger charge is -2.30. The maximum atomic E-state index is 14.3. The number of benzene rings is 2. The van der Waals surface area contributed by atoms with E-state index in [2.05, 4.69) is 0 Å². The fourth-order valence-corrected chi connectivity index (χ4v) is 4.66. The van der Waals surface area contributed by atoms with Gasteiger partial charge in [0.25, 0.3) is 10.0 Å². The number of hydrogen-bond donors (Lipinski definition) is 1. The first kappa shape index (κ1) is 20.1. The van der Waals surface area contributed by atoms with Crippen molar-refractivity contribution in [3.8, 4) is 5.75 Å². The fraction of sp³-hybridized carbons (Fsp3) is 0.316. The van der Waals surface area contributed by atoms with Gasteiger partial charge in [-0.2, -0.15) is 0 Å². The summed E-state index contributed by atoms with van der Waals surface area (Å²) in [7, 11) is -4.15.